The molecule has 0 bridgehead atoms. The smallest absolute Gasteiger partial charge is 0.285 e. The van der Waals surface area contributed by atoms with Crippen LogP contribution < -0.4 is 20.5 Å². The van der Waals surface area contributed by atoms with Gasteiger partial charge in [0.25, 0.3) is 17.1 Å². The maximum Gasteiger partial charge on any atom is 0.285 e. The Morgan fingerprint density at radius 2 is 1.75 bits per heavy atom. The van der Waals surface area contributed by atoms with Crippen molar-refractivity contribution in [1.29, 1.82) is 0 Å². The number of nitrogens with one attached hydrogen (secondary N) is 1. The number of nitrogens with two attached hydrogens (primary N) is 1. The summed E-state index contributed by atoms with van der Waals surface area (Å²) in [7, 11) is 4.80. The van der Waals surface area contributed by atoms with Crippen molar-refractivity contribution in [1.82, 2.24) is 4.90 Å². The molecule has 0 atom stereocenters. The van der Waals surface area contributed by atoms with Crippen molar-refractivity contribution >= 4 is 34.5 Å². The van der Waals surface area contributed by atoms with Gasteiger partial charge in [-0.15, -0.1) is 0 Å². The van der Waals surface area contributed by atoms with Crippen LogP contribution in [0.4, 0.5) is 10.5 Å². The molecule has 0 aromatic heterocycles. The Morgan fingerprint density at radius 1 is 1.07 bits per heavy atom. The molecule has 0 aliphatic carbocycles. The largest absolute Gasteiger partial charge is 0.493 e. The van der Waals surface area contributed by atoms with E-state index >= 15 is 0 Å². The van der Waals surface area contributed by atoms with E-state index < -0.39 is 5.91 Å². The van der Waals surface area contributed by atoms with Gasteiger partial charge in [-0.1, -0.05) is 0 Å². The predicted octanol–water partition coefficient (Wildman–Crippen LogP) is 2.59. The van der Waals surface area contributed by atoms with E-state index in [-0.39, 0.29) is 17.8 Å². The van der Waals surface area contributed by atoms with Crippen molar-refractivity contribution in [3.63, 3.8) is 0 Å². The summed E-state index contributed by atoms with van der Waals surface area (Å²) in [5, 5.41) is 2.69. The molecule has 28 heavy (non-hydrogen) atoms. The van der Waals surface area contributed by atoms with Gasteiger partial charge in [-0.2, -0.15) is 0 Å². The zero-order valence-electron chi connectivity index (χ0n) is 15.7. The molecule has 0 aliphatic heterocycles. The lowest BCUT2D eigenvalue weighted by Gasteiger charge is -2.12. The Balaban J connectivity index is 2.05. The molecule has 0 spiro atoms. The van der Waals surface area contributed by atoms with Gasteiger partial charge < -0.3 is 25.4 Å². The van der Waals surface area contributed by atoms with E-state index in [0.717, 1.165) is 16.7 Å². The first-order chi connectivity index (χ1) is 13.3. The highest BCUT2D eigenvalue weighted by atomic mass is 32.2. The summed E-state index contributed by atoms with van der Waals surface area (Å²) in [5.74, 6) is -0.338. The topological polar surface area (TPSA) is 111 Å². The number of carbonyl (C=O) groups excluding carboxylic acids is 3. The second kappa shape index (κ2) is 9.65. The van der Waals surface area contributed by atoms with Crippen molar-refractivity contribution in [2.75, 3.05) is 33.1 Å². The van der Waals surface area contributed by atoms with Crippen LogP contribution in [0.5, 0.6) is 11.5 Å². The molecule has 148 valence electrons. The van der Waals surface area contributed by atoms with Crippen LogP contribution in [0.1, 0.15) is 10.4 Å². The van der Waals surface area contributed by atoms with Crippen LogP contribution in [0.3, 0.4) is 0 Å². The Bertz CT molecular complexity index is 868. The van der Waals surface area contributed by atoms with E-state index in [0.29, 0.717) is 22.7 Å². The summed E-state index contributed by atoms with van der Waals surface area (Å²) >= 11 is 1.10. The molecule has 9 heteroatoms. The molecule has 0 saturated carbocycles. The molecule has 0 aliphatic rings. The summed E-state index contributed by atoms with van der Waals surface area (Å²) in [5.41, 5.74) is 5.99. The molecule has 2 rings (SSSR count). The summed E-state index contributed by atoms with van der Waals surface area (Å²) in [6.07, 6.45) is 0. The Hall–Kier alpha value is -3.20. The van der Waals surface area contributed by atoms with Gasteiger partial charge in [0.05, 0.1) is 7.11 Å². The number of hydrogen-bond acceptors (Lipinski definition) is 6. The summed E-state index contributed by atoms with van der Waals surface area (Å²) in [6, 6.07) is 11.5. The minimum atomic E-state index is -0.613. The number of carbonyl (C=O) groups is 3. The lowest BCUT2D eigenvalue weighted by Crippen LogP contribution is -2.20. The second-order valence-electron chi connectivity index (χ2n) is 5.86. The molecule has 3 N–H and O–H groups in total. The highest BCUT2D eigenvalue weighted by Gasteiger charge is 2.13. The lowest BCUT2D eigenvalue weighted by atomic mass is 10.2. The summed E-state index contributed by atoms with van der Waals surface area (Å²) in [6.45, 7) is -0.289. The lowest BCUT2D eigenvalue weighted by molar-refractivity contribution is -0.119. The van der Waals surface area contributed by atoms with E-state index in [2.05, 4.69) is 5.32 Å². The van der Waals surface area contributed by atoms with Crippen LogP contribution >= 0.6 is 11.8 Å². The number of anilines is 1. The number of benzene rings is 2. The molecule has 0 unspecified atom stereocenters. The standard InChI is InChI=1S/C19H21N3O5S/c1-22(2)19(25)28-14-7-5-13(6-8-14)21-18(24)12-4-9-15(16(10-12)26-3)27-11-17(20)23/h4-10H,11H2,1-3H3,(H2,20,23)(H,21,24). The van der Waals surface area contributed by atoms with Gasteiger partial charge in [-0.05, 0) is 54.2 Å². The van der Waals surface area contributed by atoms with Crippen molar-refractivity contribution in [2.24, 2.45) is 5.73 Å². The predicted molar refractivity (Wildman–Crippen MR) is 107 cm³/mol. The van der Waals surface area contributed by atoms with E-state index in [1.807, 2.05) is 0 Å². The molecule has 2 aromatic rings. The third-order valence-corrected chi connectivity index (χ3v) is 4.53. The fraction of sp³-hybridized carbons (Fsp3) is 0.211. The Kier molecular flexibility index (Phi) is 7.28. The quantitative estimate of drug-likeness (QED) is 0.688. The molecule has 8 nitrogen and oxygen atoms in total. The number of rotatable bonds is 7. The maximum atomic E-state index is 12.5. The van der Waals surface area contributed by atoms with Crippen LogP contribution in [0.15, 0.2) is 47.4 Å². The monoisotopic (exact) mass is 403 g/mol. The Morgan fingerprint density at radius 3 is 2.32 bits per heavy atom. The third-order valence-electron chi connectivity index (χ3n) is 3.48. The molecule has 3 amide bonds. The average molecular weight is 403 g/mol. The summed E-state index contributed by atoms with van der Waals surface area (Å²) < 4.78 is 10.4. The average Bonchev–Trinajstić information content (AvgIpc) is 2.67. The Labute approximate surface area is 167 Å². The van der Waals surface area contributed by atoms with Crippen LogP contribution in [0, 0.1) is 0 Å². The van der Waals surface area contributed by atoms with Gasteiger partial charge in [0.2, 0.25) is 0 Å². The summed E-state index contributed by atoms with van der Waals surface area (Å²) in [4.78, 5) is 37.3. The maximum absolute atomic E-state index is 12.5. The third kappa shape index (κ3) is 5.92. The van der Waals surface area contributed by atoms with E-state index in [1.54, 1.807) is 44.4 Å². The first-order valence-corrected chi connectivity index (χ1v) is 9.01. The van der Waals surface area contributed by atoms with Gasteiger partial charge in [-0.25, -0.2) is 0 Å². The number of methoxy groups -OCH3 is 1. The molecule has 0 radical (unpaired) electrons. The molecular formula is C19H21N3O5S. The molecule has 0 saturated heterocycles. The van der Waals surface area contributed by atoms with Crippen LogP contribution in [-0.4, -0.2) is 49.8 Å². The number of amides is 3. The van der Waals surface area contributed by atoms with Crippen LogP contribution in [-0.2, 0) is 4.79 Å². The number of ether oxygens (including phenoxy) is 2. The second-order valence-corrected chi connectivity index (χ2v) is 6.89. The van der Waals surface area contributed by atoms with Gasteiger partial charge in [0, 0.05) is 30.2 Å². The van der Waals surface area contributed by atoms with Crippen molar-refractivity contribution in [3.05, 3.63) is 48.0 Å². The number of hydrogen-bond donors (Lipinski definition) is 2. The van der Waals surface area contributed by atoms with Gasteiger partial charge in [-0.3, -0.25) is 14.4 Å². The van der Waals surface area contributed by atoms with Crippen molar-refractivity contribution in [3.8, 4) is 11.5 Å². The van der Waals surface area contributed by atoms with Crippen LogP contribution in [0.2, 0.25) is 0 Å². The van der Waals surface area contributed by atoms with Crippen molar-refractivity contribution < 1.29 is 23.9 Å². The first kappa shape index (κ1) is 21.1. The van der Waals surface area contributed by atoms with Crippen LogP contribution in [0.25, 0.3) is 0 Å². The van der Waals surface area contributed by atoms with Gasteiger partial charge in [0.15, 0.2) is 18.1 Å². The minimum absolute atomic E-state index is 0.0810. The van der Waals surface area contributed by atoms with E-state index in [1.165, 1.54) is 24.1 Å². The fourth-order valence-electron chi connectivity index (χ4n) is 2.08. The van der Waals surface area contributed by atoms with E-state index in [9.17, 15) is 14.4 Å². The zero-order valence-corrected chi connectivity index (χ0v) is 16.5. The molecule has 0 heterocycles. The van der Waals surface area contributed by atoms with Gasteiger partial charge >= 0.3 is 0 Å². The minimum Gasteiger partial charge on any atom is -0.493 e. The number of nitrogens with zero attached hydrogens (tertiary/aromatic N) is 1. The highest BCUT2D eigenvalue weighted by Crippen LogP contribution is 2.28. The number of thioether (sulfide) groups is 1. The highest BCUT2D eigenvalue weighted by molar-refractivity contribution is 8.13. The number of primary amides is 1. The fourth-order valence-corrected chi connectivity index (χ4v) is 2.74. The van der Waals surface area contributed by atoms with Crippen molar-refractivity contribution in [2.45, 2.75) is 4.90 Å². The zero-order chi connectivity index (χ0) is 20.7. The molecule has 2 aromatic carbocycles. The van der Waals surface area contributed by atoms with Gasteiger partial charge in [0.1, 0.15) is 0 Å². The normalized spacial score (nSPS) is 10.1. The SMILES string of the molecule is COc1cc(C(=O)Nc2ccc(SC(=O)N(C)C)cc2)ccc1OCC(N)=O. The first-order valence-electron chi connectivity index (χ1n) is 8.20. The van der Waals surface area contributed by atoms with E-state index in [4.69, 9.17) is 15.2 Å². The molecular weight excluding hydrogens is 382 g/mol. The molecule has 0 fully saturated rings.